The minimum atomic E-state index is 0.107. The molecule has 0 aromatic carbocycles. The Morgan fingerprint density at radius 3 is 2.48 bits per heavy atom. The Bertz CT molecular complexity index is 770. The van der Waals surface area contributed by atoms with Crippen LogP contribution >= 0.6 is 11.8 Å². The number of imidazole rings is 1. The molecule has 1 unspecified atom stereocenters. The molecule has 0 bridgehead atoms. The van der Waals surface area contributed by atoms with Crippen LogP contribution in [0.4, 0.5) is 5.82 Å². The van der Waals surface area contributed by atoms with E-state index in [1.165, 1.54) is 16.7 Å². The minimum Gasteiger partial charge on any atom is -0.361 e. The molecule has 2 heterocycles. The van der Waals surface area contributed by atoms with E-state index in [2.05, 4.69) is 76.6 Å². The molecule has 0 aliphatic rings. The van der Waals surface area contributed by atoms with E-state index in [0.29, 0.717) is 0 Å². The topological polar surface area (TPSA) is 82.3 Å². The van der Waals surface area contributed by atoms with Gasteiger partial charge in [-0.3, -0.25) is 5.10 Å². The summed E-state index contributed by atoms with van der Waals surface area (Å²) in [5.41, 5.74) is 5.32. The summed E-state index contributed by atoms with van der Waals surface area (Å²) >= 11 is 1.89. The molecule has 7 heteroatoms. The molecule has 2 aromatic rings. The summed E-state index contributed by atoms with van der Waals surface area (Å²) in [5.74, 6) is 2.80. The molecule has 3 N–H and O–H groups in total. The second-order valence-electron chi connectivity index (χ2n) is 7.57. The Balaban J connectivity index is 1.71. The predicted octanol–water partition coefficient (Wildman–Crippen LogP) is 5.83. The standard InChI is InChI=1S/C22H34N6S/c1-17(2)7-5-8-18(3)9-6-10-19(4)11-12-29-15-21(20-13-25-28-27-20)26-22-14-23-16-24-22/h7,9,11,13-14,16,21,26H,5-6,8,10,12,15H2,1-4H3,(H,23,24)(H,25,27,28). The maximum atomic E-state index is 4.06. The number of aromatic nitrogens is 5. The Morgan fingerprint density at radius 1 is 1.07 bits per heavy atom. The Hall–Kier alpha value is -2.28. The quantitative estimate of drug-likeness (QED) is 0.284. The van der Waals surface area contributed by atoms with Crippen molar-refractivity contribution in [3.8, 4) is 0 Å². The normalized spacial score (nSPS) is 13.4. The van der Waals surface area contributed by atoms with E-state index in [1.54, 1.807) is 18.7 Å². The molecule has 0 aliphatic heterocycles. The number of nitrogens with one attached hydrogen (secondary N) is 3. The molecule has 2 rings (SSSR count). The molecule has 0 spiro atoms. The SMILES string of the molecule is CC(C)=CCCC(C)=CCCC(C)=CCSCC(Nc1cnc[nH]1)c1cnn[nH]1. The third-order valence-corrected chi connectivity index (χ3v) is 5.57. The molecule has 1 atom stereocenters. The Kier molecular flexibility index (Phi) is 10.3. The predicted molar refractivity (Wildman–Crippen MR) is 124 cm³/mol. The van der Waals surface area contributed by atoms with E-state index >= 15 is 0 Å². The number of allylic oxidation sites excluding steroid dienone is 5. The van der Waals surface area contributed by atoms with Crippen molar-refractivity contribution in [1.82, 2.24) is 25.4 Å². The van der Waals surface area contributed by atoms with E-state index < -0.39 is 0 Å². The summed E-state index contributed by atoms with van der Waals surface area (Å²) in [4.78, 5) is 7.14. The van der Waals surface area contributed by atoms with Crippen molar-refractivity contribution in [3.05, 3.63) is 59.4 Å². The van der Waals surface area contributed by atoms with Gasteiger partial charge in [0.15, 0.2) is 0 Å². The summed E-state index contributed by atoms with van der Waals surface area (Å²) in [6.45, 7) is 8.79. The first-order valence-corrected chi connectivity index (χ1v) is 11.3. The van der Waals surface area contributed by atoms with Crippen LogP contribution in [0.1, 0.15) is 65.1 Å². The highest BCUT2D eigenvalue weighted by molar-refractivity contribution is 7.99. The first-order chi connectivity index (χ1) is 14.0. The van der Waals surface area contributed by atoms with E-state index in [0.717, 1.165) is 48.7 Å². The number of H-pyrrole nitrogens is 2. The van der Waals surface area contributed by atoms with Gasteiger partial charge in [-0.05, 0) is 53.4 Å². The van der Waals surface area contributed by atoms with E-state index in [9.17, 15) is 0 Å². The molecule has 2 aromatic heterocycles. The van der Waals surface area contributed by atoms with Crippen LogP contribution in [-0.2, 0) is 0 Å². The van der Waals surface area contributed by atoms with Crippen molar-refractivity contribution < 1.29 is 0 Å². The lowest BCUT2D eigenvalue weighted by molar-refractivity contribution is 0.823. The molecule has 0 fully saturated rings. The highest BCUT2D eigenvalue weighted by atomic mass is 32.2. The van der Waals surface area contributed by atoms with Crippen molar-refractivity contribution in [1.29, 1.82) is 0 Å². The maximum absolute atomic E-state index is 4.06. The monoisotopic (exact) mass is 414 g/mol. The molecule has 0 aliphatic carbocycles. The van der Waals surface area contributed by atoms with Gasteiger partial charge in [0.25, 0.3) is 0 Å². The average molecular weight is 415 g/mol. The van der Waals surface area contributed by atoms with Gasteiger partial charge in [0.05, 0.1) is 30.5 Å². The van der Waals surface area contributed by atoms with Crippen molar-refractivity contribution in [2.45, 2.75) is 59.4 Å². The number of aromatic amines is 2. The zero-order chi connectivity index (χ0) is 20.9. The number of hydrogen-bond acceptors (Lipinski definition) is 5. The van der Waals surface area contributed by atoms with Crippen LogP contribution in [0.5, 0.6) is 0 Å². The average Bonchev–Trinajstić information content (AvgIpc) is 3.37. The number of nitrogens with zero attached hydrogens (tertiary/aromatic N) is 3. The number of anilines is 1. The molecule has 158 valence electrons. The van der Waals surface area contributed by atoms with Gasteiger partial charge in [-0.1, -0.05) is 40.2 Å². The molecular weight excluding hydrogens is 380 g/mol. The van der Waals surface area contributed by atoms with Gasteiger partial charge in [0.2, 0.25) is 0 Å². The third-order valence-electron chi connectivity index (χ3n) is 4.59. The fourth-order valence-electron chi connectivity index (χ4n) is 2.83. The van der Waals surface area contributed by atoms with Crippen LogP contribution in [0.15, 0.2) is 53.7 Å². The lowest BCUT2D eigenvalue weighted by Gasteiger charge is -2.16. The molecular formula is C22H34N6S. The van der Waals surface area contributed by atoms with E-state index in [4.69, 9.17) is 0 Å². The van der Waals surface area contributed by atoms with Crippen LogP contribution in [0.2, 0.25) is 0 Å². The first kappa shape index (κ1) is 23.0. The zero-order valence-corrected chi connectivity index (χ0v) is 18.9. The van der Waals surface area contributed by atoms with Crippen molar-refractivity contribution in [2.24, 2.45) is 0 Å². The number of hydrogen-bond donors (Lipinski definition) is 3. The molecule has 0 saturated carbocycles. The summed E-state index contributed by atoms with van der Waals surface area (Å²) < 4.78 is 0. The van der Waals surface area contributed by atoms with E-state index in [1.807, 2.05) is 11.8 Å². The van der Waals surface area contributed by atoms with Crippen molar-refractivity contribution in [2.75, 3.05) is 16.8 Å². The van der Waals surface area contributed by atoms with Crippen LogP contribution in [0.25, 0.3) is 0 Å². The highest BCUT2D eigenvalue weighted by Gasteiger charge is 2.14. The summed E-state index contributed by atoms with van der Waals surface area (Å²) in [7, 11) is 0. The molecule has 0 amide bonds. The lowest BCUT2D eigenvalue weighted by Crippen LogP contribution is -2.14. The lowest BCUT2D eigenvalue weighted by atomic mass is 10.1. The highest BCUT2D eigenvalue weighted by Crippen LogP contribution is 2.21. The second-order valence-corrected chi connectivity index (χ2v) is 8.65. The molecule has 0 radical (unpaired) electrons. The van der Waals surface area contributed by atoms with Crippen molar-refractivity contribution >= 4 is 17.6 Å². The van der Waals surface area contributed by atoms with Gasteiger partial charge in [0, 0.05) is 11.5 Å². The smallest absolute Gasteiger partial charge is 0.123 e. The maximum Gasteiger partial charge on any atom is 0.123 e. The minimum absolute atomic E-state index is 0.107. The van der Waals surface area contributed by atoms with Crippen LogP contribution < -0.4 is 5.32 Å². The first-order valence-electron chi connectivity index (χ1n) is 10.2. The fraction of sp³-hybridized carbons (Fsp3) is 0.500. The summed E-state index contributed by atoms with van der Waals surface area (Å²) in [6, 6.07) is 0.107. The fourth-order valence-corrected chi connectivity index (χ4v) is 3.87. The molecule has 6 nitrogen and oxygen atoms in total. The third kappa shape index (κ3) is 9.65. The Morgan fingerprint density at radius 2 is 1.83 bits per heavy atom. The van der Waals surface area contributed by atoms with Gasteiger partial charge in [-0.2, -0.15) is 11.8 Å². The van der Waals surface area contributed by atoms with Gasteiger partial charge >= 0.3 is 0 Å². The summed E-state index contributed by atoms with van der Waals surface area (Å²) in [6.07, 6.45) is 16.8. The summed E-state index contributed by atoms with van der Waals surface area (Å²) in [5, 5.41) is 14.1. The van der Waals surface area contributed by atoms with Gasteiger partial charge < -0.3 is 10.3 Å². The number of rotatable bonds is 13. The Labute approximate surface area is 178 Å². The molecule has 29 heavy (non-hydrogen) atoms. The van der Waals surface area contributed by atoms with Gasteiger partial charge in [-0.15, -0.1) is 5.10 Å². The largest absolute Gasteiger partial charge is 0.361 e. The zero-order valence-electron chi connectivity index (χ0n) is 18.0. The van der Waals surface area contributed by atoms with Gasteiger partial charge in [0.1, 0.15) is 5.82 Å². The second kappa shape index (κ2) is 13.0. The van der Waals surface area contributed by atoms with E-state index in [-0.39, 0.29) is 6.04 Å². The van der Waals surface area contributed by atoms with Crippen LogP contribution in [0, 0.1) is 0 Å². The van der Waals surface area contributed by atoms with Crippen LogP contribution in [0.3, 0.4) is 0 Å². The molecule has 0 saturated heterocycles. The van der Waals surface area contributed by atoms with Crippen LogP contribution in [-0.4, -0.2) is 36.9 Å². The van der Waals surface area contributed by atoms with Gasteiger partial charge in [-0.25, -0.2) is 4.98 Å². The number of thioether (sulfide) groups is 1. The van der Waals surface area contributed by atoms with Crippen molar-refractivity contribution in [3.63, 3.8) is 0 Å².